The smallest absolute Gasteiger partial charge is 0.145 e. The molecule has 3 heteroatoms. The van der Waals surface area contributed by atoms with Crippen LogP contribution in [0.1, 0.15) is 36.8 Å². The van der Waals surface area contributed by atoms with E-state index in [1.165, 1.54) is 31.7 Å². The summed E-state index contributed by atoms with van der Waals surface area (Å²) in [6.07, 6.45) is 5.24. The molecule has 2 nitrogen and oxygen atoms in total. The van der Waals surface area contributed by atoms with Gasteiger partial charge in [0.05, 0.1) is 5.56 Å². The van der Waals surface area contributed by atoms with E-state index in [0.717, 1.165) is 12.5 Å². The van der Waals surface area contributed by atoms with Crippen molar-refractivity contribution in [1.29, 1.82) is 5.26 Å². The molecule has 0 saturated heterocycles. The SMILES string of the molecule is N#Cc1cccc(CNCCC2CCC2)c1F. The highest BCUT2D eigenvalue weighted by molar-refractivity contribution is 5.34. The normalized spacial score (nSPS) is 15.3. The Bertz CT molecular complexity index is 419. The second kappa shape index (κ2) is 5.79. The fourth-order valence-electron chi connectivity index (χ4n) is 2.11. The summed E-state index contributed by atoms with van der Waals surface area (Å²) in [4.78, 5) is 0. The maximum absolute atomic E-state index is 13.7. The van der Waals surface area contributed by atoms with Gasteiger partial charge in [0, 0.05) is 12.1 Å². The zero-order valence-corrected chi connectivity index (χ0v) is 9.88. The number of hydrogen-bond acceptors (Lipinski definition) is 2. The van der Waals surface area contributed by atoms with Crippen molar-refractivity contribution in [2.75, 3.05) is 6.54 Å². The van der Waals surface area contributed by atoms with Gasteiger partial charge in [-0.1, -0.05) is 31.4 Å². The third-order valence-corrected chi connectivity index (χ3v) is 3.47. The van der Waals surface area contributed by atoms with Crippen LogP contribution >= 0.6 is 0 Å². The number of nitriles is 1. The van der Waals surface area contributed by atoms with Gasteiger partial charge in [-0.2, -0.15) is 5.26 Å². The van der Waals surface area contributed by atoms with E-state index in [-0.39, 0.29) is 11.4 Å². The summed E-state index contributed by atoms with van der Waals surface area (Å²) in [5, 5.41) is 12.0. The Labute approximate surface area is 101 Å². The van der Waals surface area contributed by atoms with Crippen LogP contribution in [0.4, 0.5) is 4.39 Å². The zero-order chi connectivity index (χ0) is 12.1. The molecule has 1 aliphatic rings. The highest BCUT2D eigenvalue weighted by atomic mass is 19.1. The molecule has 17 heavy (non-hydrogen) atoms. The minimum Gasteiger partial charge on any atom is -0.313 e. The molecule has 0 bridgehead atoms. The third kappa shape index (κ3) is 3.04. The second-order valence-corrected chi connectivity index (χ2v) is 4.65. The fourth-order valence-corrected chi connectivity index (χ4v) is 2.11. The molecule has 1 fully saturated rings. The summed E-state index contributed by atoms with van der Waals surface area (Å²) in [7, 11) is 0. The first-order valence-corrected chi connectivity index (χ1v) is 6.19. The molecule has 1 aromatic carbocycles. The van der Waals surface area contributed by atoms with Crippen LogP contribution in [-0.4, -0.2) is 6.54 Å². The van der Waals surface area contributed by atoms with E-state index in [1.807, 2.05) is 6.07 Å². The molecule has 0 radical (unpaired) electrons. The summed E-state index contributed by atoms with van der Waals surface area (Å²) in [6.45, 7) is 1.44. The Kier molecular flexibility index (Phi) is 4.11. The van der Waals surface area contributed by atoms with E-state index in [4.69, 9.17) is 5.26 Å². The first-order valence-electron chi connectivity index (χ1n) is 6.19. The van der Waals surface area contributed by atoms with Crippen LogP contribution in [0.3, 0.4) is 0 Å². The van der Waals surface area contributed by atoms with Crippen molar-refractivity contribution in [2.24, 2.45) is 5.92 Å². The van der Waals surface area contributed by atoms with Gasteiger partial charge >= 0.3 is 0 Å². The average molecular weight is 232 g/mol. The lowest BCUT2D eigenvalue weighted by atomic mass is 9.83. The highest BCUT2D eigenvalue weighted by Crippen LogP contribution is 2.28. The fraction of sp³-hybridized carbons (Fsp3) is 0.500. The summed E-state index contributed by atoms with van der Waals surface area (Å²) in [5.41, 5.74) is 0.709. The maximum atomic E-state index is 13.7. The van der Waals surface area contributed by atoms with Crippen molar-refractivity contribution in [3.63, 3.8) is 0 Å². The molecule has 1 N–H and O–H groups in total. The van der Waals surface area contributed by atoms with E-state index in [9.17, 15) is 4.39 Å². The van der Waals surface area contributed by atoms with Crippen molar-refractivity contribution in [3.8, 4) is 6.07 Å². The molecule has 1 saturated carbocycles. The van der Waals surface area contributed by atoms with Crippen molar-refractivity contribution in [1.82, 2.24) is 5.32 Å². The molecule has 0 spiro atoms. The quantitative estimate of drug-likeness (QED) is 0.792. The van der Waals surface area contributed by atoms with Gasteiger partial charge in [0.15, 0.2) is 0 Å². The number of benzene rings is 1. The Balaban J connectivity index is 1.80. The van der Waals surface area contributed by atoms with E-state index >= 15 is 0 Å². The van der Waals surface area contributed by atoms with Crippen LogP contribution in [0.5, 0.6) is 0 Å². The summed E-state index contributed by atoms with van der Waals surface area (Å²) >= 11 is 0. The predicted octanol–water partition coefficient (Wildman–Crippen LogP) is 2.98. The first kappa shape index (κ1) is 12.1. The summed E-state index contributed by atoms with van der Waals surface area (Å²) < 4.78 is 13.7. The Morgan fingerprint density at radius 3 is 2.88 bits per heavy atom. The molecule has 0 atom stereocenters. The number of halogens is 1. The minimum atomic E-state index is -0.383. The molecule has 0 amide bonds. The van der Waals surface area contributed by atoms with Crippen LogP contribution < -0.4 is 5.32 Å². The molecule has 1 aliphatic carbocycles. The Hall–Kier alpha value is -1.40. The van der Waals surface area contributed by atoms with Gasteiger partial charge in [0.1, 0.15) is 11.9 Å². The van der Waals surface area contributed by atoms with Gasteiger partial charge in [-0.3, -0.25) is 0 Å². The van der Waals surface area contributed by atoms with Crippen molar-refractivity contribution < 1.29 is 4.39 Å². The van der Waals surface area contributed by atoms with E-state index in [2.05, 4.69) is 5.32 Å². The number of nitrogens with one attached hydrogen (secondary N) is 1. The molecule has 90 valence electrons. The van der Waals surface area contributed by atoms with Gasteiger partial charge < -0.3 is 5.32 Å². The van der Waals surface area contributed by atoms with Crippen LogP contribution in [0.25, 0.3) is 0 Å². The largest absolute Gasteiger partial charge is 0.313 e. The van der Waals surface area contributed by atoms with Crippen LogP contribution in [-0.2, 0) is 6.54 Å². The average Bonchev–Trinajstić information content (AvgIpc) is 2.28. The van der Waals surface area contributed by atoms with E-state index in [0.29, 0.717) is 12.1 Å². The lowest BCUT2D eigenvalue weighted by Crippen LogP contribution is -2.21. The molecule has 0 aliphatic heterocycles. The number of rotatable bonds is 5. The molecular formula is C14H17FN2. The zero-order valence-electron chi connectivity index (χ0n) is 9.88. The van der Waals surface area contributed by atoms with Gasteiger partial charge in [0.2, 0.25) is 0 Å². The van der Waals surface area contributed by atoms with Crippen LogP contribution in [0.15, 0.2) is 18.2 Å². The van der Waals surface area contributed by atoms with Gasteiger partial charge in [-0.15, -0.1) is 0 Å². The summed E-state index contributed by atoms with van der Waals surface area (Å²) in [5.74, 6) is 0.490. The molecule has 1 aromatic rings. The Morgan fingerprint density at radius 1 is 1.41 bits per heavy atom. The Morgan fingerprint density at radius 2 is 2.24 bits per heavy atom. The maximum Gasteiger partial charge on any atom is 0.145 e. The van der Waals surface area contributed by atoms with Gasteiger partial charge in [-0.05, 0) is 24.9 Å². The lowest BCUT2D eigenvalue weighted by Gasteiger charge is -2.25. The number of hydrogen-bond donors (Lipinski definition) is 1. The monoisotopic (exact) mass is 232 g/mol. The van der Waals surface area contributed by atoms with E-state index < -0.39 is 0 Å². The van der Waals surface area contributed by atoms with Crippen LogP contribution in [0.2, 0.25) is 0 Å². The molecule has 0 aromatic heterocycles. The molecule has 2 rings (SSSR count). The minimum absolute atomic E-state index is 0.128. The predicted molar refractivity (Wildman–Crippen MR) is 64.8 cm³/mol. The van der Waals surface area contributed by atoms with Crippen molar-refractivity contribution in [2.45, 2.75) is 32.2 Å². The number of nitrogens with zero attached hydrogens (tertiary/aromatic N) is 1. The van der Waals surface area contributed by atoms with Crippen LogP contribution in [0, 0.1) is 23.1 Å². The molecule has 0 unspecified atom stereocenters. The van der Waals surface area contributed by atoms with Gasteiger partial charge in [0.25, 0.3) is 0 Å². The first-order chi connectivity index (χ1) is 8.31. The molecular weight excluding hydrogens is 215 g/mol. The lowest BCUT2D eigenvalue weighted by molar-refractivity contribution is 0.292. The summed E-state index contributed by atoms with van der Waals surface area (Å²) in [6, 6.07) is 6.82. The topological polar surface area (TPSA) is 35.8 Å². The van der Waals surface area contributed by atoms with E-state index in [1.54, 1.807) is 12.1 Å². The standard InChI is InChI=1S/C14H17FN2/c15-14-12(9-16)5-2-6-13(14)10-17-8-7-11-3-1-4-11/h2,5-6,11,17H,1,3-4,7-8,10H2. The third-order valence-electron chi connectivity index (χ3n) is 3.47. The van der Waals surface area contributed by atoms with Gasteiger partial charge in [-0.25, -0.2) is 4.39 Å². The highest BCUT2D eigenvalue weighted by Gasteiger charge is 2.16. The van der Waals surface area contributed by atoms with Crippen molar-refractivity contribution in [3.05, 3.63) is 35.1 Å². The second-order valence-electron chi connectivity index (χ2n) is 4.65. The van der Waals surface area contributed by atoms with Crippen molar-refractivity contribution >= 4 is 0 Å². The molecule has 0 heterocycles.